The number of rotatable bonds is 2. The second-order valence-corrected chi connectivity index (χ2v) is 4.29. The molecule has 1 amide bonds. The van der Waals surface area contributed by atoms with Crippen LogP contribution in [-0.4, -0.2) is 16.2 Å². The average Bonchev–Trinajstić information content (AvgIpc) is 2.53. The van der Waals surface area contributed by atoms with Crippen molar-refractivity contribution in [2.75, 3.05) is 0 Å². The summed E-state index contributed by atoms with van der Waals surface area (Å²) in [6, 6.07) is 7.75. The van der Waals surface area contributed by atoms with Crippen molar-refractivity contribution in [3.8, 4) is 17.9 Å². The van der Waals surface area contributed by atoms with Gasteiger partial charge in [-0.15, -0.1) is 0 Å². The first-order chi connectivity index (χ1) is 10.6. The number of nitrogens with zero attached hydrogens (tertiary/aromatic N) is 2. The summed E-state index contributed by atoms with van der Waals surface area (Å²) in [5.74, 6) is 5.14. The molecule has 2 aromatic rings. The van der Waals surface area contributed by atoms with E-state index in [0.29, 0.717) is 16.7 Å². The van der Waals surface area contributed by atoms with E-state index in [2.05, 4.69) is 22.1 Å². The van der Waals surface area contributed by atoms with Crippen molar-refractivity contribution in [1.29, 1.82) is 5.26 Å². The third kappa shape index (κ3) is 4.06. The Morgan fingerprint density at radius 2 is 1.95 bits per heavy atom. The largest absolute Gasteiger partial charge is 0.465 e. The molecule has 0 aliphatic rings. The van der Waals surface area contributed by atoms with Crippen LogP contribution in [0.4, 0.5) is 9.18 Å². The smallest absolute Gasteiger partial charge is 0.404 e. The van der Waals surface area contributed by atoms with Crippen LogP contribution in [0.15, 0.2) is 36.7 Å². The van der Waals surface area contributed by atoms with Crippen molar-refractivity contribution < 1.29 is 14.3 Å². The lowest BCUT2D eigenvalue weighted by molar-refractivity contribution is 0.194. The Kier molecular flexibility index (Phi) is 4.69. The van der Waals surface area contributed by atoms with E-state index >= 15 is 0 Å². The number of benzene rings is 1. The quantitative estimate of drug-likeness (QED) is 0.832. The van der Waals surface area contributed by atoms with Crippen molar-refractivity contribution in [2.45, 2.75) is 6.54 Å². The maximum Gasteiger partial charge on any atom is 0.404 e. The van der Waals surface area contributed by atoms with Crippen molar-refractivity contribution >= 4 is 6.09 Å². The maximum absolute atomic E-state index is 13.6. The van der Waals surface area contributed by atoms with Crippen LogP contribution in [0, 0.1) is 29.0 Å². The first-order valence-electron chi connectivity index (χ1n) is 6.21. The van der Waals surface area contributed by atoms with E-state index in [0.717, 1.165) is 0 Å². The number of aromatic nitrogens is 1. The van der Waals surface area contributed by atoms with Gasteiger partial charge in [0.05, 0.1) is 5.56 Å². The van der Waals surface area contributed by atoms with Gasteiger partial charge in [0.15, 0.2) is 0 Å². The average molecular weight is 295 g/mol. The molecule has 0 saturated heterocycles. The highest BCUT2D eigenvalue weighted by molar-refractivity contribution is 5.64. The van der Waals surface area contributed by atoms with Gasteiger partial charge in [0.2, 0.25) is 0 Å². The molecule has 108 valence electrons. The summed E-state index contributed by atoms with van der Waals surface area (Å²) in [6.45, 7) is -0.137. The Balaban J connectivity index is 2.23. The highest BCUT2D eigenvalue weighted by Gasteiger charge is 2.04. The first kappa shape index (κ1) is 15.0. The van der Waals surface area contributed by atoms with Crippen LogP contribution in [0.25, 0.3) is 0 Å². The van der Waals surface area contributed by atoms with E-state index in [-0.39, 0.29) is 12.1 Å². The molecule has 0 aliphatic carbocycles. The molecule has 0 spiro atoms. The normalized spacial score (nSPS) is 9.27. The lowest BCUT2D eigenvalue weighted by Gasteiger charge is -2.03. The summed E-state index contributed by atoms with van der Waals surface area (Å²) >= 11 is 0. The number of nitrogens with one attached hydrogen (secondary N) is 1. The van der Waals surface area contributed by atoms with Gasteiger partial charge >= 0.3 is 6.09 Å². The number of hydrogen-bond donors (Lipinski definition) is 2. The molecule has 6 heteroatoms. The minimum atomic E-state index is -1.23. The van der Waals surface area contributed by atoms with Crippen molar-refractivity contribution in [1.82, 2.24) is 10.3 Å². The molecular weight excluding hydrogens is 285 g/mol. The zero-order valence-electron chi connectivity index (χ0n) is 11.3. The van der Waals surface area contributed by atoms with E-state index in [1.54, 1.807) is 6.07 Å². The summed E-state index contributed by atoms with van der Waals surface area (Å²) in [4.78, 5) is 14.3. The van der Waals surface area contributed by atoms with E-state index < -0.39 is 11.9 Å². The molecule has 2 N–H and O–H groups in total. The predicted molar refractivity (Wildman–Crippen MR) is 76.2 cm³/mol. The lowest BCUT2D eigenvalue weighted by atomic mass is 10.1. The molecule has 1 heterocycles. The second kappa shape index (κ2) is 6.87. The Morgan fingerprint density at radius 1 is 1.23 bits per heavy atom. The zero-order valence-corrected chi connectivity index (χ0v) is 11.3. The number of nitriles is 1. The van der Waals surface area contributed by atoms with Crippen LogP contribution in [0.1, 0.15) is 22.3 Å². The Hall–Kier alpha value is -3.38. The van der Waals surface area contributed by atoms with Gasteiger partial charge in [0.1, 0.15) is 11.9 Å². The first-order valence-corrected chi connectivity index (χ1v) is 6.21. The molecule has 0 atom stereocenters. The number of carbonyl (C=O) groups is 1. The fourth-order valence-corrected chi connectivity index (χ4v) is 1.67. The number of pyridine rings is 1. The number of hydrogen-bond acceptors (Lipinski definition) is 3. The third-order valence-corrected chi connectivity index (χ3v) is 2.69. The zero-order chi connectivity index (χ0) is 15.9. The van der Waals surface area contributed by atoms with Crippen LogP contribution in [0.2, 0.25) is 0 Å². The van der Waals surface area contributed by atoms with Gasteiger partial charge in [-0.25, -0.2) is 9.18 Å². The van der Waals surface area contributed by atoms with E-state index in [4.69, 9.17) is 10.4 Å². The molecule has 1 aromatic carbocycles. The van der Waals surface area contributed by atoms with Crippen LogP contribution >= 0.6 is 0 Å². The predicted octanol–water partition coefficient (Wildman–Crippen LogP) is 2.26. The highest BCUT2D eigenvalue weighted by atomic mass is 19.1. The molecule has 0 bridgehead atoms. The van der Waals surface area contributed by atoms with Crippen LogP contribution in [-0.2, 0) is 6.54 Å². The fraction of sp³-hybridized carbons (Fsp3) is 0.0625. The van der Waals surface area contributed by atoms with Crippen LogP contribution in [0.3, 0.4) is 0 Å². The number of halogens is 1. The number of amides is 1. The van der Waals surface area contributed by atoms with E-state index in [9.17, 15) is 9.18 Å². The Bertz CT molecular complexity index is 816. The Morgan fingerprint density at radius 3 is 2.68 bits per heavy atom. The van der Waals surface area contributed by atoms with Gasteiger partial charge in [0, 0.05) is 35.6 Å². The highest BCUT2D eigenvalue weighted by Crippen LogP contribution is 2.10. The summed E-state index contributed by atoms with van der Waals surface area (Å²) in [7, 11) is 0. The molecule has 5 nitrogen and oxygen atoms in total. The third-order valence-electron chi connectivity index (χ3n) is 2.69. The summed E-state index contributed by atoms with van der Waals surface area (Å²) in [5.41, 5.74) is 1.70. The van der Waals surface area contributed by atoms with Gasteiger partial charge in [-0.2, -0.15) is 5.26 Å². The SMILES string of the molecule is N#Cc1cncc(C#Cc2ccc(F)c(CNC(=O)O)c2)c1. The van der Waals surface area contributed by atoms with Crippen molar-refractivity contribution in [3.05, 3.63) is 64.7 Å². The second-order valence-electron chi connectivity index (χ2n) is 4.29. The molecule has 0 radical (unpaired) electrons. The minimum Gasteiger partial charge on any atom is -0.465 e. The minimum absolute atomic E-state index is 0.137. The van der Waals surface area contributed by atoms with Crippen molar-refractivity contribution in [3.63, 3.8) is 0 Å². The molecule has 2 rings (SSSR count). The molecule has 1 aromatic heterocycles. The van der Waals surface area contributed by atoms with Gasteiger partial charge in [-0.1, -0.05) is 11.8 Å². The lowest BCUT2D eigenvalue weighted by Crippen LogP contribution is -2.20. The van der Waals surface area contributed by atoms with Gasteiger partial charge in [-0.05, 0) is 24.3 Å². The van der Waals surface area contributed by atoms with Gasteiger partial charge in [-0.3, -0.25) is 4.98 Å². The Labute approximate surface area is 126 Å². The van der Waals surface area contributed by atoms with Crippen molar-refractivity contribution in [2.24, 2.45) is 0 Å². The number of carboxylic acid groups (broad SMARTS) is 1. The van der Waals surface area contributed by atoms with Crippen LogP contribution in [0.5, 0.6) is 0 Å². The maximum atomic E-state index is 13.6. The molecular formula is C16H10FN3O2. The van der Waals surface area contributed by atoms with Gasteiger partial charge in [0.25, 0.3) is 0 Å². The fourth-order valence-electron chi connectivity index (χ4n) is 1.67. The standard InChI is InChI=1S/C16H10FN3O2/c17-15-4-3-11(6-14(15)10-20-16(21)22)1-2-12-5-13(7-18)9-19-8-12/h3-6,8-9,20H,10H2,(H,21,22). The summed E-state index contributed by atoms with van der Waals surface area (Å²) in [6.07, 6.45) is 1.72. The molecule has 0 aliphatic heterocycles. The molecule has 0 unspecified atom stereocenters. The van der Waals surface area contributed by atoms with E-state index in [1.165, 1.54) is 30.6 Å². The van der Waals surface area contributed by atoms with Gasteiger partial charge < -0.3 is 10.4 Å². The topological polar surface area (TPSA) is 86.0 Å². The van der Waals surface area contributed by atoms with Crippen LogP contribution < -0.4 is 5.32 Å². The monoisotopic (exact) mass is 295 g/mol. The molecule has 22 heavy (non-hydrogen) atoms. The summed E-state index contributed by atoms with van der Waals surface area (Å²) in [5, 5.41) is 19.4. The van der Waals surface area contributed by atoms with E-state index in [1.807, 2.05) is 6.07 Å². The molecule has 0 fully saturated rings. The summed E-state index contributed by atoms with van der Waals surface area (Å²) < 4.78 is 13.6. The molecule has 0 saturated carbocycles.